The zero-order chi connectivity index (χ0) is 15.5. The standard InChI is InChI=1S/C12H21N5O3S/c1-2-17-9-10(12(13)15-17)21(19,20)14-6-5-11(18)16-7-3-4-8-16/h9,14H,2-8H2,1H3,(H2,13,15). The molecule has 8 nitrogen and oxygen atoms in total. The van der Waals surface area contributed by atoms with Gasteiger partial charge in [-0.3, -0.25) is 9.48 Å². The molecule has 1 amide bonds. The predicted molar refractivity (Wildman–Crippen MR) is 77.9 cm³/mol. The van der Waals surface area contributed by atoms with Crippen LogP contribution in [-0.4, -0.2) is 48.6 Å². The molecule has 3 N–H and O–H groups in total. The first-order valence-electron chi connectivity index (χ1n) is 7.04. The summed E-state index contributed by atoms with van der Waals surface area (Å²) in [5.74, 6) is -0.0531. The number of carbonyl (C=O) groups is 1. The van der Waals surface area contributed by atoms with E-state index < -0.39 is 10.0 Å². The van der Waals surface area contributed by atoms with Gasteiger partial charge in [0.1, 0.15) is 4.90 Å². The molecule has 0 unspecified atom stereocenters. The number of nitrogens with one attached hydrogen (secondary N) is 1. The van der Waals surface area contributed by atoms with Gasteiger partial charge in [0, 0.05) is 38.8 Å². The first-order valence-corrected chi connectivity index (χ1v) is 8.52. The minimum absolute atomic E-state index is 0.0209. The molecule has 1 saturated heterocycles. The maximum absolute atomic E-state index is 12.1. The highest BCUT2D eigenvalue weighted by atomic mass is 32.2. The Bertz CT molecular complexity index is 604. The van der Waals surface area contributed by atoms with E-state index in [2.05, 4.69) is 9.82 Å². The lowest BCUT2D eigenvalue weighted by atomic mass is 10.4. The quantitative estimate of drug-likeness (QED) is 0.754. The first kappa shape index (κ1) is 15.8. The van der Waals surface area contributed by atoms with Gasteiger partial charge in [0.2, 0.25) is 15.9 Å². The second-order valence-corrected chi connectivity index (χ2v) is 6.71. The largest absolute Gasteiger partial charge is 0.381 e. The summed E-state index contributed by atoms with van der Waals surface area (Å²) in [6.45, 7) is 3.97. The minimum Gasteiger partial charge on any atom is -0.381 e. The summed E-state index contributed by atoms with van der Waals surface area (Å²) in [5, 5.41) is 3.90. The maximum atomic E-state index is 12.1. The van der Waals surface area contributed by atoms with E-state index in [4.69, 9.17) is 5.73 Å². The summed E-state index contributed by atoms with van der Waals surface area (Å²) in [6.07, 6.45) is 3.58. The van der Waals surface area contributed by atoms with Gasteiger partial charge in [-0.1, -0.05) is 0 Å². The first-order chi connectivity index (χ1) is 9.94. The molecule has 21 heavy (non-hydrogen) atoms. The van der Waals surface area contributed by atoms with Crippen molar-refractivity contribution in [3.05, 3.63) is 6.20 Å². The van der Waals surface area contributed by atoms with Gasteiger partial charge in [-0.25, -0.2) is 13.1 Å². The number of carbonyl (C=O) groups excluding carboxylic acids is 1. The van der Waals surface area contributed by atoms with Gasteiger partial charge in [-0.05, 0) is 19.8 Å². The summed E-state index contributed by atoms with van der Waals surface area (Å²) in [5.41, 5.74) is 5.61. The van der Waals surface area contributed by atoms with Crippen molar-refractivity contribution in [1.82, 2.24) is 19.4 Å². The second-order valence-electron chi connectivity index (χ2n) is 4.97. The van der Waals surface area contributed by atoms with Crippen molar-refractivity contribution in [2.75, 3.05) is 25.4 Å². The van der Waals surface area contributed by atoms with Crippen LogP contribution in [0.1, 0.15) is 26.2 Å². The van der Waals surface area contributed by atoms with Crippen LogP contribution in [0.25, 0.3) is 0 Å². The van der Waals surface area contributed by atoms with Crippen LogP contribution in [0.5, 0.6) is 0 Å². The Morgan fingerprint density at radius 3 is 2.67 bits per heavy atom. The highest BCUT2D eigenvalue weighted by molar-refractivity contribution is 7.89. The number of rotatable bonds is 6. The Hall–Kier alpha value is -1.61. The third-order valence-electron chi connectivity index (χ3n) is 3.46. The molecule has 0 atom stereocenters. The summed E-state index contributed by atoms with van der Waals surface area (Å²) < 4.78 is 28.1. The fraction of sp³-hybridized carbons (Fsp3) is 0.667. The SMILES string of the molecule is CCn1cc(S(=O)(=O)NCCC(=O)N2CCCC2)c(N)n1. The number of hydrogen-bond acceptors (Lipinski definition) is 5. The number of aryl methyl sites for hydroxylation is 1. The van der Waals surface area contributed by atoms with Gasteiger partial charge in [0.15, 0.2) is 5.82 Å². The number of anilines is 1. The molecule has 2 heterocycles. The molecular weight excluding hydrogens is 294 g/mol. The molecule has 0 bridgehead atoms. The number of nitrogens with two attached hydrogens (primary N) is 1. The van der Waals surface area contributed by atoms with Crippen LogP contribution in [0.3, 0.4) is 0 Å². The van der Waals surface area contributed by atoms with E-state index in [1.807, 2.05) is 6.92 Å². The van der Waals surface area contributed by atoms with Gasteiger partial charge in [0.25, 0.3) is 0 Å². The van der Waals surface area contributed by atoms with E-state index in [0.717, 1.165) is 25.9 Å². The van der Waals surface area contributed by atoms with Gasteiger partial charge in [-0.15, -0.1) is 0 Å². The smallest absolute Gasteiger partial charge is 0.245 e. The number of sulfonamides is 1. The van der Waals surface area contributed by atoms with Crippen LogP contribution >= 0.6 is 0 Å². The summed E-state index contributed by atoms with van der Waals surface area (Å²) in [4.78, 5) is 13.6. The lowest BCUT2D eigenvalue weighted by Crippen LogP contribution is -2.32. The molecule has 2 rings (SSSR count). The van der Waals surface area contributed by atoms with Crippen LogP contribution in [0.2, 0.25) is 0 Å². The molecule has 0 aliphatic carbocycles. The third kappa shape index (κ3) is 3.73. The maximum Gasteiger partial charge on any atom is 0.245 e. The molecule has 118 valence electrons. The zero-order valence-electron chi connectivity index (χ0n) is 12.1. The molecule has 0 spiro atoms. The van der Waals surface area contributed by atoms with Crippen molar-refractivity contribution < 1.29 is 13.2 Å². The molecule has 1 aromatic heterocycles. The number of likely N-dealkylation sites (tertiary alicyclic amines) is 1. The highest BCUT2D eigenvalue weighted by Crippen LogP contribution is 2.16. The van der Waals surface area contributed by atoms with E-state index in [1.165, 1.54) is 10.9 Å². The van der Waals surface area contributed by atoms with Crippen LogP contribution in [-0.2, 0) is 21.4 Å². The summed E-state index contributed by atoms with van der Waals surface area (Å²) in [7, 11) is -3.73. The molecule has 0 aromatic carbocycles. The van der Waals surface area contributed by atoms with Crippen molar-refractivity contribution in [1.29, 1.82) is 0 Å². The molecule has 0 saturated carbocycles. The molecule has 0 radical (unpaired) electrons. The number of nitrogen functional groups attached to an aromatic ring is 1. The Balaban J connectivity index is 1.91. The second kappa shape index (κ2) is 6.44. The Labute approximate surface area is 124 Å². The van der Waals surface area contributed by atoms with Crippen molar-refractivity contribution in [3.8, 4) is 0 Å². The topological polar surface area (TPSA) is 110 Å². The van der Waals surface area contributed by atoms with Crippen molar-refractivity contribution in [2.45, 2.75) is 37.6 Å². The Kier molecular flexibility index (Phi) is 4.84. The Morgan fingerprint density at radius 2 is 2.10 bits per heavy atom. The lowest BCUT2D eigenvalue weighted by molar-refractivity contribution is -0.129. The summed E-state index contributed by atoms with van der Waals surface area (Å²) >= 11 is 0. The van der Waals surface area contributed by atoms with Gasteiger partial charge in [-0.2, -0.15) is 5.10 Å². The van der Waals surface area contributed by atoms with Crippen molar-refractivity contribution in [3.63, 3.8) is 0 Å². The van der Waals surface area contributed by atoms with Crippen LogP contribution < -0.4 is 10.5 Å². The van der Waals surface area contributed by atoms with E-state index >= 15 is 0 Å². The number of amides is 1. The lowest BCUT2D eigenvalue weighted by Gasteiger charge is -2.15. The fourth-order valence-corrected chi connectivity index (χ4v) is 3.38. The van der Waals surface area contributed by atoms with E-state index in [1.54, 1.807) is 4.90 Å². The highest BCUT2D eigenvalue weighted by Gasteiger charge is 2.22. The minimum atomic E-state index is -3.73. The number of hydrogen-bond donors (Lipinski definition) is 2. The van der Waals surface area contributed by atoms with Crippen LogP contribution in [0.15, 0.2) is 11.1 Å². The predicted octanol–water partition coefficient (Wildman–Crippen LogP) is -0.224. The van der Waals surface area contributed by atoms with Crippen molar-refractivity contribution in [2.24, 2.45) is 0 Å². The molecule has 1 fully saturated rings. The monoisotopic (exact) mass is 315 g/mol. The van der Waals surface area contributed by atoms with Gasteiger partial charge in [0.05, 0.1) is 0 Å². The van der Waals surface area contributed by atoms with Gasteiger partial charge >= 0.3 is 0 Å². The molecular formula is C12H21N5O3S. The molecule has 9 heteroatoms. The number of aromatic nitrogens is 2. The van der Waals surface area contributed by atoms with E-state index in [0.29, 0.717) is 6.54 Å². The number of nitrogens with zero attached hydrogens (tertiary/aromatic N) is 3. The molecule has 1 aliphatic heterocycles. The third-order valence-corrected chi connectivity index (χ3v) is 4.94. The van der Waals surface area contributed by atoms with E-state index in [9.17, 15) is 13.2 Å². The van der Waals surface area contributed by atoms with Gasteiger partial charge < -0.3 is 10.6 Å². The van der Waals surface area contributed by atoms with Crippen LogP contribution in [0.4, 0.5) is 5.82 Å². The van der Waals surface area contributed by atoms with E-state index in [-0.39, 0.29) is 29.6 Å². The average Bonchev–Trinajstić information content (AvgIpc) is 3.07. The zero-order valence-corrected chi connectivity index (χ0v) is 12.9. The summed E-state index contributed by atoms with van der Waals surface area (Å²) in [6, 6.07) is 0. The Morgan fingerprint density at radius 1 is 1.43 bits per heavy atom. The molecule has 1 aliphatic rings. The fourth-order valence-electron chi connectivity index (χ4n) is 2.28. The molecule has 1 aromatic rings. The normalized spacial score (nSPS) is 15.6. The average molecular weight is 315 g/mol. The van der Waals surface area contributed by atoms with Crippen LogP contribution in [0, 0.1) is 0 Å². The van der Waals surface area contributed by atoms with Crippen molar-refractivity contribution >= 4 is 21.7 Å².